The van der Waals surface area contributed by atoms with Gasteiger partial charge in [0.2, 0.25) is 0 Å². The Labute approximate surface area is 126 Å². The highest BCUT2D eigenvalue weighted by atomic mass is 32.1. The van der Waals surface area contributed by atoms with Gasteiger partial charge in [-0.3, -0.25) is 10.4 Å². The Kier molecular flexibility index (Phi) is 7.75. The number of likely N-dealkylation sites (N-methyl/N-ethyl adjacent to an activating group) is 1. The number of rotatable bonds is 7. The fourth-order valence-electron chi connectivity index (χ4n) is 1.68. The van der Waals surface area contributed by atoms with E-state index in [0.29, 0.717) is 5.11 Å². The van der Waals surface area contributed by atoms with Crippen LogP contribution >= 0.6 is 12.2 Å². The largest absolute Gasteiger partial charge is 0.360 e. The first kappa shape index (κ1) is 16.5. The van der Waals surface area contributed by atoms with Gasteiger partial charge < -0.3 is 10.2 Å². The van der Waals surface area contributed by atoms with Crippen molar-refractivity contribution >= 4 is 23.0 Å². The maximum absolute atomic E-state index is 5.18. The highest BCUT2D eigenvalue weighted by Crippen LogP contribution is 1.95. The molecule has 0 atom stereocenters. The van der Waals surface area contributed by atoms with Crippen molar-refractivity contribution < 1.29 is 0 Å². The summed E-state index contributed by atoms with van der Waals surface area (Å²) in [5.41, 5.74) is 4.48. The van der Waals surface area contributed by atoms with Crippen LogP contribution in [0.25, 0.3) is 0 Å². The lowest BCUT2D eigenvalue weighted by atomic mass is 10.3. The van der Waals surface area contributed by atoms with Gasteiger partial charge in [-0.05, 0) is 44.4 Å². The van der Waals surface area contributed by atoms with E-state index in [1.165, 1.54) is 0 Å². The zero-order valence-corrected chi connectivity index (χ0v) is 13.2. The first-order chi connectivity index (χ1) is 9.67. The monoisotopic (exact) mass is 293 g/mol. The highest BCUT2D eigenvalue weighted by molar-refractivity contribution is 7.80. The van der Waals surface area contributed by atoms with Crippen LogP contribution < -0.4 is 10.7 Å². The molecule has 0 radical (unpaired) electrons. The maximum Gasteiger partial charge on any atom is 0.187 e. The summed E-state index contributed by atoms with van der Waals surface area (Å²) in [5, 5.41) is 7.89. The molecule has 5 nitrogen and oxygen atoms in total. The van der Waals surface area contributed by atoms with E-state index in [0.717, 1.165) is 37.6 Å². The van der Waals surface area contributed by atoms with E-state index in [1.807, 2.05) is 25.1 Å². The van der Waals surface area contributed by atoms with Gasteiger partial charge in [0, 0.05) is 19.3 Å². The molecule has 0 aliphatic heterocycles. The lowest BCUT2D eigenvalue weighted by molar-refractivity contribution is 0.308. The van der Waals surface area contributed by atoms with Crippen molar-refractivity contribution in [3.8, 4) is 0 Å². The van der Waals surface area contributed by atoms with Gasteiger partial charge >= 0.3 is 0 Å². The third-order valence-electron chi connectivity index (χ3n) is 2.97. The highest BCUT2D eigenvalue weighted by Gasteiger charge is 2.00. The smallest absolute Gasteiger partial charge is 0.187 e. The van der Waals surface area contributed by atoms with Crippen molar-refractivity contribution in [1.82, 2.24) is 20.6 Å². The van der Waals surface area contributed by atoms with Crippen LogP contribution in [0.5, 0.6) is 0 Å². The zero-order valence-electron chi connectivity index (χ0n) is 12.4. The van der Waals surface area contributed by atoms with Gasteiger partial charge in [-0.15, -0.1) is 0 Å². The molecular formula is C14H23N5S. The van der Waals surface area contributed by atoms with E-state index in [2.05, 4.69) is 39.6 Å². The molecule has 0 saturated heterocycles. The number of aromatic nitrogens is 1. The third-order valence-corrected chi connectivity index (χ3v) is 3.20. The number of hydrazone groups is 1. The average Bonchev–Trinajstić information content (AvgIpc) is 2.50. The van der Waals surface area contributed by atoms with Gasteiger partial charge in [-0.2, -0.15) is 5.10 Å². The number of nitrogens with one attached hydrogen (secondary N) is 2. The summed E-state index contributed by atoms with van der Waals surface area (Å²) in [6.45, 7) is 10.1. The SMILES string of the molecule is CCN(CC)CCNC(=S)NN=C(C)c1ccccn1. The predicted octanol–water partition coefficient (Wildman–Crippen LogP) is 1.61. The fraction of sp³-hybridized carbons (Fsp3) is 0.500. The van der Waals surface area contributed by atoms with Crippen molar-refractivity contribution in [3.05, 3.63) is 30.1 Å². The van der Waals surface area contributed by atoms with E-state index in [4.69, 9.17) is 12.2 Å². The van der Waals surface area contributed by atoms with E-state index in [1.54, 1.807) is 6.20 Å². The minimum atomic E-state index is 0.535. The van der Waals surface area contributed by atoms with E-state index >= 15 is 0 Å². The summed E-state index contributed by atoms with van der Waals surface area (Å²) in [5.74, 6) is 0. The lowest BCUT2D eigenvalue weighted by Gasteiger charge is -2.18. The van der Waals surface area contributed by atoms with Gasteiger partial charge in [-0.25, -0.2) is 0 Å². The van der Waals surface area contributed by atoms with Crippen LogP contribution in [0, 0.1) is 0 Å². The number of pyridine rings is 1. The van der Waals surface area contributed by atoms with Gasteiger partial charge in [-0.1, -0.05) is 19.9 Å². The molecule has 1 aromatic heterocycles. The summed E-state index contributed by atoms with van der Waals surface area (Å²) in [7, 11) is 0. The first-order valence-corrected chi connectivity index (χ1v) is 7.30. The lowest BCUT2D eigenvalue weighted by Crippen LogP contribution is -2.38. The summed E-state index contributed by atoms with van der Waals surface area (Å²) in [6, 6.07) is 5.73. The van der Waals surface area contributed by atoms with Crippen molar-refractivity contribution in [3.63, 3.8) is 0 Å². The Morgan fingerprint density at radius 1 is 1.35 bits per heavy atom. The molecule has 1 rings (SSSR count). The number of hydrogen-bond acceptors (Lipinski definition) is 4. The molecule has 0 aliphatic rings. The topological polar surface area (TPSA) is 52.5 Å². The molecule has 0 aliphatic carbocycles. The average molecular weight is 293 g/mol. The van der Waals surface area contributed by atoms with E-state index in [9.17, 15) is 0 Å². The Morgan fingerprint density at radius 3 is 2.70 bits per heavy atom. The van der Waals surface area contributed by atoms with Gasteiger partial charge in [0.1, 0.15) is 0 Å². The Hall–Kier alpha value is -1.53. The second-order valence-corrected chi connectivity index (χ2v) is 4.72. The normalized spacial score (nSPS) is 11.5. The van der Waals surface area contributed by atoms with Crippen LogP contribution in [0.3, 0.4) is 0 Å². The third kappa shape index (κ3) is 6.08. The molecule has 1 aromatic rings. The molecule has 2 N–H and O–H groups in total. The molecule has 110 valence electrons. The summed E-state index contributed by atoms with van der Waals surface area (Å²) in [4.78, 5) is 6.55. The van der Waals surface area contributed by atoms with Crippen LogP contribution in [0.2, 0.25) is 0 Å². The van der Waals surface area contributed by atoms with Crippen LogP contribution in [0.15, 0.2) is 29.5 Å². The van der Waals surface area contributed by atoms with Crippen LogP contribution in [-0.4, -0.2) is 46.9 Å². The van der Waals surface area contributed by atoms with E-state index < -0.39 is 0 Å². The minimum absolute atomic E-state index is 0.535. The maximum atomic E-state index is 5.18. The van der Waals surface area contributed by atoms with Crippen LogP contribution in [0.4, 0.5) is 0 Å². The van der Waals surface area contributed by atoms with Gasteiger partial charge in [0.05, 0.1) is 11.4 Å². The van der Waals surface area contributed by atoms with Crippen molar-refractivity contribution in [2.45, 2.75) is 20.8 Å². The molecule has 0 amide bonds. The van der Waals surface area contributed by atoms with Gasteiger partial charge in [0.25, 0.3) is 0 Å². The first-order valence-electron chi connectivity index (χ1n) is 6.89. The molecular weight excluding hydrogens is 270 g/mol. The Morgan fingerprint density at radius 2 is 2.10 bits per heavy atom. The quantitative estimate of drug-likeness (QED) is 0.454. The molecule has 0 spiro atoms. The van der Waals surface area contributed by atoms with Gasteiger partial charge in [0.15, 0.2) is 5.11 Å². The summed E-state index contributed by atoms with van der Waals surface area (Å²) < 4.78 is 0. The zero-order chi connectivity index (χ0) is 14.8. The van der Waals surface area contributed by atoms with Crippen LogP contribution in [0.1, 0.15) is 26.5 Å². The predicted molar refractivity (Wildman–Crippen MR) is 88.0 cm³/mol. The molecule has 0 unspecified atom stereocenters. The number of hydrogen-bond donors (Lipinski definition) is 2. The number of nitrogens with zero attached hydrogens (tertiary/aromatic N) is 3. The van der Waals surface area contributed by atoms with Crippen molar-refractivity contribution in [2.24, 2.45) is 5.10 Å². The molecule has 6 heteroatoms. The van der Waals surface area contributed by atoms with E-state index in [-0.39, 0.29) is 0 Å². The van der Waals surface area contributed by atoms with Crippen LogP contribution in [-0.2, 0) is 0 Å². The Bertz CT molecular complexity index is 428. The molecule has 20 heavy (non-hydrogen) atoms. The van der Waals surface area contributed by atoms with Crippen molar-refractivity contribution in [1.29, 1.82) is 0 Å². The molecule has 1 heterocycles. The van der Waals surface area contributed by atoms with Crippen molar-refractivity contribution in [2.75, 3.05) is 26.2 Å². The molecule has 0 saturated carbocycles. The number of thiocarbonyl (C=S) groups is 1. The Balaban J connectivity index is 2.32. The summed E-state index contributed by atoms with van der Waals surface area (Å²) >= 11 is 5.18. The molecule has 0 fully saturated rings. The molecule has 0 bridgehead atoms. The fourth-order valence-corrected chi connectivity index (χ4v) is 1.82. The summed E-state index contributed by atoms with van der Waals surface area (Å²) in [6.07, 6.45) is 1.75. The molecule has 0 aromatic carbocycles. The minimum Gasteiger partial charge on any atom is -0.360 e. The second kappa shape index (κ2) is 9.39. The second-order valence-electron chi connectivity index (χ2n) is 4.31. The standard InChI is InChI=1S/C14H23N5S/c1-4-19(5-2)11-10-16-14(20)18-17-12(3)13-8-6-7-9-15-13/h6-9H,4-5,10-11H2,1-3H3,(H2,16,18,20).